The first-order valence-corrected chi connectivity index (χ1v) is 6.28. The predicted octanol–water partition coefficient (Wildman–Crippen LogP) is 0.628. The fourth-order valence-corrected chi connectivity index (χ4v) is 2.23. The van der Waals surface area contributed by atoms with Crippen LogP contribution >= 0.6 is 11.8 Å². The molecular formula is C10H17N3O2S. The molecule has 0 unspecified atom stereocenters. The minimum absolute atomic E-state index is 0.419. The molecule has 1 aromatic heterocycles. The molecule has 0 fully saturated rings. The van der Waals surface area contributed by atoms with E-state index in [0.717, 1.165) is 23.6 Å². The molecule has 16 heavy (non-hydrogen) atoms. The van der Waals surface area contributed by atoms with Crippen LogP contribution in [0.2, 0.25) is 0 Å². The molecule has 0 saturated carbocycles. The van der Waals surface area contributed by atoms with Crippen LogP contribution in [0.15, 0.2) is 6.07 Å². The number of nitrogens with zero attached hydrogens (tertiary/aromatic N) is 2. The Morgan fingerprint density at radius 3 is 2.94 bits per heavy atom. The van der Waals surface area contributed by atoms with Gasteiger partial charge in [0.05, 0.1) is 5.69 Å². The van der Waals surface area contributed by atoms with Crippen LogP contribution in [0.25, 0.3) is 0 Å². The van der Waals surface area contributed by atoms with Crippen molar-refractivity contribution >= 4 is 17.7 Å². The van der Waals surface area contributed by atoms with Crippen LogP contribution in [0.3, 0.4) is 0 Å². The fourth-order valence-electron chi connectivity index (χ4n) is 1.24. The molecule has 3 N–H and O–H groups in total. The van der Waals surface area contributed by atoms with Crippen LogP contribution in [-0.4, -0.2) is 32.7 Å². The minimum Gasteiger partial charge on any atom is -0.480 e. The van der Waals surface area contributed by atoms with Gasteiger partial charge in [-0.1, -0.05) is 6.92 Å². The third-order valence-electron chi connectivity index (χ3n) is 2.25. The molecular weight excluding hydrogens is 226 g/mol. The summed E-state index contributed by atoms with van der Waals surface area (Å²) in [7, 11) is 1.90. The Balaban J connectivity index is 2.42. The van der Waals surface area contributed by atoms with Crippen molar-refractivity contribution in [1.29, 1.82) is 0 Å². The van der Waals surface area contributed by atoms with Crippen LogP contribution in [0.1, 0.15) is 18.3 Å². The summed E-state index contributed by atoms with van der Waals surface area (Å²) < 4.78 is 1.83. The largest absolute Gasteiger partial charge is 0.480 e. The highest BCUT2D eigenvalue weighted by Crippen LogP contribution is 2.13. The zero-order valence-electron chi connectivity index (χ0n) is 9.51. The van der Waals surface area contributed by atoms with Crippen LogP contribution < -0.4 is 5.73 Å². The van der Waals surface area contributed by atoms with Crippen molar-refractivity contribution in [3.8, 4) is 0 Å². The number of hydrogen-bond acceptors (Lipinski definition) is 4. The maximum Gasteiger partial charge on any atom is 0.321 e. The first-order chi connectivity index (χ1) is 7.54. The molecule has 6 heteroatoms. The van der Waals surface area contributed by atoms with Gasteiger partial charge in [0.2, 0.25) is 0 Å². The highest BCUT2D eigenvalue weighted by molar-refractivity contribution is 7.98. The van der Waals surface area contributed by atoms with Gasteiger partial charge in [-0.15, -0.1) is 0 Å². The normalized spacial score (nSPS) is 12.7. The molecule has 0 aliphatic heterocycles. The van der Waals surface area contributed by atoms with Gasteiger partial charge < -0.3 is 10.8 Å². The topological polar surface area (TPSA) is 81.1 Å². The molecule has 0 spiro atoms. The zero-order chi connectivity index (χ0) is 12.1. The molecule has 1 heterocycles. The smallest absolute Gasteiger partial charge is 0.321 e. The lowest BCUT2D eigenvalue weighted by molar-refractivity contribution is -0.137. The maximum atomic E-state index is 10.5. The zero-order valence-corrected chi connectivity index (χ0v) is 10.3. The number of aryl methyl sites for hydroxylation is 2. The number of carboxylic acids is 1. The van der Waals surface area contributed by atoms with Gasteiger partial charge in [0.1, 0.15) is 6.04 Å². The standard InChI is InChI=1S/C10H17N3O2S/c1-3-7-4-8(13(2)12-7)5-16-6-9(11)10(14)15/h4,9H,3,5-6,11H2,1-2H3,(H,14,15)/t9-/m1/s1. The monoisotopic (exact) mass is 243 g/mol. The highest BCUT2D eigenvalue weighted by atomic mass is 32.2. The molecule has 1 rings (SSSR count). The van der Waals surface area contributed by atoms with Crippen LogP contribution in [0.5, 0.6) is 0 Å². The van der Waals surface area contributed by atoms with Crippen molar-refractivity contribution in [2.45, 2.75) is 25.1 Å². The molecule has 0 aromatic carbocycles. The lowest BCUT2D eigenvalue weighted by Gasteiger charge is -2.05. The van der Waals surface area contributed by atoms with E-state index in [-0.39, 0.29) is 0 Å². The number of hydrogen-bond donors (Lipinski definition) is 2. The van der Waals surface area contributed by atoms with E-state index < -0.39 is 12.0 Å². The van der Waals surface area contributed by atoms with Gasteiger partial charge in [0.25, 0.3) is 0 Å². The Morgan fingerprint density at radius 1 is 1.75 bits per heavy atom. The van der Waals surface area contributed by atoms with Crippen molar-refractivity contribution in [2.75, 3.05) is 5.75 Å². The molecule has 0 radical (unpaired) electrons. The lowest BCUT2D eigenvalue weighted by atomic mass is 10.3. The summed E-state index contributed by atoms with van der Waals surface area (Å²) in [6.45, 7) is 2.06. The molecule has 90 valence electrons. The van der Waals surface area contributed by atoms with Gasteiger partial charge in [0.15, 0.2) is 0 Å². The van der Waals surface area contributed by atoms with Crippen molar-refractivity contribution in [1.82, 2.24) is 9.78 Å². The Labute approximate surface area is 99.0 Å². The van der Waals surface area contributed by atoms with Gasteiger partial charge >= 0.3 is 5.97 Å². The quantitative estimate of drug-likeness (QED) is 0.766. The molecule has 0 aliphatic rings. The molecule has 5 nitrogen and oxygen atoms in total. The van der Waals surface area contributed by atoms with Crippen molar-refractivity contribution in [3.63, 3.8) is 0 Å². The van der Waals surface area contributed by atoms with E-state index in [2.05, 4.69) is 12.0 Å². The van der Waals surface area contributed by atoms with Crippen LogP contribution in [0, 0.1) is 0 Å². The summed E-state index contributed by atoms with van der Waals surface area (Å²) >= 11 is 1.51. The van der Waals surface area contributed by atoms with E-state index in [4.69, 9.17) is 10.8 Å². The van der Waals surface area contributed by atoms with Gasteiger partial charge in [0, 0.05) is 24.2 Å². The Morgan fingerprint density at radius 2 is 2.44 bits per heavy atom. The number of carboxylic acid groups (broad SMARTS) is 1. The number of thioether (sulfide) groups is 1. The van der Waals surface area contributed by atoms with Crippen molar-refractivity contribution in [3.05, 3.63) is 17.5 Å². The third kappa shape index (κ3) is 3.53. The third-order valence-corrected chi connectivity index (χ3v) is 3.35. The lowest BCUT2D eigenvalue weighted by Crippen LogP contribution is -2.32. The summed E-state index contributed by atoms with van der Waals surface area (Å²) in [5, 5.41) is 12.9. The molecule has 0 saturated heterocycles. The number of carbonyl (C=O) groups is 1. The van der Waals surface area contributed by atoms with E-state index in [1.165, 1.54) is 11.8 Å². The Kier molecular flexibility index (Phi) is 4.82. The van der Waals surface area contributed by atoms with E-state index >= 15 is 0 Å². The number of aliphatic carboxylic acids is 1. The fraction of sp³-hybridized carbons (Fsp3) is 0.600. The summed E-state index contributed by atoms with van der Waals surface area (Å²) in [4.78, 5) is 10.5. The first-order valence-electron chi connectivity index (χ1n) is 5.12. The maximum absolute atomic E-state index is 10.5. The second-order valence-corrected chi connectivity index (χ2v) is 4.59. The van der Waals surface area contributed by atoms with E-state index in [9.17, 15) is 4.79 Å². The summed E-state index contributed by atoms with van der Waals surface area (Å²) in [6.07, 6.45) is 0.910. The average molecular weight is 243 g/mol. The van der Waals surface area contributed by atoms with Crippen molar-refractivity contribution in [2.24, 2.45) is 12.8 Å². The second-order valence-electron chi connectivity index (χ2n) is 3.56. The van der Waals surface area contributed by atoms with E-state index in [0.29, 0.717) is 5.75 Å². The SMILES string of the molecule is CCc1cc(CSC[C@@H](N)C(=O)O)n(C)n1. The molecule has 0 aliphatic carbocycles. The van der Waals surface area contributed by atoms with Gasteiger partial charge in [-0.05, 0) is 12.5 Å². The highest BCUT2D eigenvalue weighted by Gasteiger charge is 2.11. The molecule has 1 atom stereocenters. The summed E-state index contributed by atoms with van der Waals surface area (Å²) in [6, 6.07) is 1.25. The number of aromatic nitrogens is 2. The summed E-state index contributed by atoms with van der Waals surface area (Å²) in [5.74, 6) is 0.207. The van der Waals surface area contributed by atoms with Crippen LogP contribution in [-0.2, 0) is 24.0 Å². The molecule has 0 bridgehead atoms. The Hall–Kier alpha value is -1.01. The molecule has 1 aromatic rings. The van der Waals surface area contributed by atoms with Gasteiger partial charge in [-0.25, -0.2) is 0 Å². The Bertz CT molecular complexity index is 365. The van der Waals surface area contributed by atoms with Crippen molar-refractivity contribution < 1.29 is 9.90 Å². The minimum atomic E-state index is -0.952. The first kappa shape index (κ1) is 13.1. The van der Waals surface area contributed by atoms with E-state index in [1.807, 2.05) is 17.8 Å². The molecule has 0 amide bonds. The van der Waals surface area contributed by atoms with Gasteiger partial charge in [-0.3, -0.25) is 9.48 Å². The average Bonchev–Trinajstić information content (AvgIpc) is 2.59. The predicted molar refractivity (Wildman–Crippen MR) is 64.4 cm³/mol. The van der Waals surface area contributed by atoms with Gasteiger partial charge in [-0.2, -0.15) is 16.9 Å². The van der Waals surface area contributed by atoms with Crippen LogP contribution in [0.4, 0.5) is 0 Å². The second kappa shape index (κ2) is 5.91. The van der Waals surface area contributed by atoms with E-state index in [1.54, 1.807) is 0 Å². The number of nitrogens with two attached hydrogens (primary N) is 1. The summed E-state index contributed by atoms with van der Waals surface area (Å²) in [5.41, 5.74) is 7.56. The number of rotatable bonds is 6.